The van der Waals surface area contributed by atoms with Crippen LogP contribution in [0.4, 0.5) is 11.8 Å². The van der Waals surface area contributed by atoms with Crippen LogP contribution in [0.15, 0.2) is 6.33 Å². The van der Waals surface area contributed by atoms with E-state index in [2.05, 4.69) is 19.9 Å². The fourth-order valence-corrected chi connectivity index (χ4v) is 2.82. The van der Waals surface area contributed by atoms with E-state index in [4.69, 9.17) is 5.73 Å². The molecule has 0 spiro atoms. The number of H-pyrrole nitrogens is 1. The summed E-state index contributed by atoms with van der Waals surface area (Å²) in [6, 6.07) is 0. The van der Waals surface area contributed by atoms with E-state index in [1.807, 2.05) is 23.9 Å². The van der Waals surface area contributed by atoms with Crippen LogP contribution in [-0.2, 0) is 0 Å². The Morgan fingerprint density at radius 2 is 2.30 bits per heavy atom. The summed E-state index contributed by atoms with van der Waals surface area (Å²) < 4.78 is 0. The van der Waals surface area contributed by atoms with E-state index in [0.29, 0.717) is 31.0 Å². The Labute approximate surface area is 116 Å². The van der Waals surface area contributed by atoms with E-state index in [1.54, 1.807) is 6.33 Å². The van der Waals surface area contributed by atoms with Crippen molar-refractivity contribution in [1.82, 2.24) is 24.8 Å². The van der Waals surface area contributed by atoms with Crippen LogP contribution >= 0.6 is 0 Å². The topological polar surface area (TPSA) is 107 Å². The fraction of sp³-hybridized carbons (Fsp3) is 0.583. The quantitative estimate of drug-likeness (QED) is 0.690. The molecule has 2 aromatic heterocycles. The zero-order valence-electron chi connectivity index (χ0n) is 11.7. The maximum Gasteiger partial charge on any atom is 0.224 e. The summed E-state index contributed by atoms with van der Waals surface area (Å²) in [5.41, 5.74) is 6.31. The highest BCUT2D eigenvalue weighted by molar-refractivity contribution is 5.84. The smallest absolute Gasteiger partial charge is 0.224 e. The first-order chi connectivity index (χ1) is 9.47. The van der Waals surface area contributed by atoms with Gasteiger partial charge in [0.15, 0.2) is 11.5 Å². The molecule has 8 nitrogen and oxygen atoms in total. The van der Waals surface area contributed by atoms with Gasteiger partial charge in [-0.2, -0.15) is 9.97 Å². The maximum atomic E-state index is 10.6. The lowest BCUT2D eigenvalue weighted by molar-refractivity contribution is 0.0366. The van der Waals surface area contributed by atoms with Crippen molar-refractivity contribution >= 4 is 22.9 Å². The van der Waals surface area contributed by atoms with Crippen LogP contribution in [0.5, 0.6) is 0 Å². The number of nitrogen functional groups attached to an aromatic ring is 1. The van der Waals surface area contributed by atoms with E-state index in [0.717, 1.165) is 12.1 Å². The lowest BCUT2D eigenvalue weighted by Crippen LogP contribution is -2.42. The first kappa shape index (κ1) is 13.1. The Morgan fingerprint density at radius 1 is 1.50 bits per heavy atom. The third-order valence-electron chi connectivity index (χ3n) is 3.53. The number of aromatic amines is 1. The molecule has 0 saturated carbocycles. The van der Waals surface area contributed by atoms with E-state index >= 15 is 0 Å². The van der Waals surface area contributed by atoms with Gasteiger partial charge in [-0.15, -0.1) is 0 Å². The highest BCUT2D eigenvalue weighted by Crippen LogP contribution is 2.29. The summed E-state index contributed by atoms with van der Waals surface area (Å²) in [6.07, 6.45) is 2.27. The minimum Gasteiger partial charge on any atom is -0.387 e. The summed E-state index contributed by atoms with van der Waals surface area (Å²) in [7, 11) is 3.91. The van der Waals surface area contributed by atoms with Gasteiger partial charge < -0.3 is 25.6 Å². The van der Waals surface area contributed by atoms with Crippen molar-refractivity contribution in [2.75, 3.05) is 44.4 Å². The number of aromatic nitrogens is 4. The Hall–Kier alpha value is -1.93. The number of likely N-dealkylation sites (N-methyl/N-ethyl adjacent to an activating group) is 1. The number of anilines is 2. The average Bonchev–Trinajstić information content (AvgIpc) is 2.93. The first-order valence-corrected chi connectivity index (χ1v) is 6.55. The molecule has 1 aliphatic rings. The highest BCUT2D eigenvalue weighted by atomic mass is 16.3. The van der Waals surface area contributed by atoms with Gasteiger partial charge in [-0.25, -0.2) is 4.98 Å². The van der Waals surface area contributed by atoms with Crippen LogP contribution < -0.4 is 10.6 Å². The lowest BCUT2D eigenvalue weighted by Gasteiger charge is -2.27. The average molecular weight is 277 g/mol. The van der Waals surface area contributed by atoms with Gasteiger partial charge in [0, 0.05) is 19.6 Å². The molecule has 3 rings (SSSR count). The predicted octanol–water partition coefficient (Wildman–Crippen LogP) is -0.562. The van der Waals surface area contributed by atoms with Crippen LogP contribution in [0.25, 0.3) is 11.2 Å². The molecule has 0 aromatic carbocycles. The Bertz CT molecular complexity index is 625. The SMILES string of the molecule is CN(C)CC1(O)CCN(c2nc(N)nc3nc[nH]c23)C1. The number of hydrogen-bond acceptors (Lipinski definition) is 7. The van der Waals surface area contributed by atoms with Gasteiger partial charge in [0.05, 0.1) is 11.9 Å². The molecular weight excluding hydrogens is 258 g/mol. The van der Waals surface area contributed by atoms with Gasteiger partial charge >= 0.3 is 0 Å². The molecule has 1 saturated heterocycles. The maximum absolute atomic E-state index is 10.6. The fourth-order valence-electron chi connectivity index (χ4n) is 2.82. The first-order valence-electron chi connectivity index (χ1n) is 6.55. The normalized spacial score (nSPS) is 23.1. The molecule has 0 radical (unpaired) electrons. The largest absolute Gasteiger partial charge is 0.387 e. The molecule has 2 aromatic rings. The molecule has 3 heterocycles. The van der Waals surface area contributed by atoms with Gasteiger partial charge in [-0.1, -0.05) is 0 Å². The number of aliphatic hydroxyl groups is 1. The van der Waals surface area contributed by atoms with Crippen molar-refractivity contribution in [1.29, 1.82) is 0 Å². The third-order valence-corrected chi connectivity index (χ3v) is 3.53. The van der Waals surface area contributed by atoms with E-state index in [9.17, 15) is 5.11 Å². The Kier molecular flexibility index (Phi) is 2.98. The number of hydrogen-bond donors (Lipinski definition) is 3. The molecule has 0 amide bonds. The number of rotatable bonds is 3. The summed E-state index contributed by atoms with van der Waals surface area (Å²) in [5.74, 6) is 0.905. The van der Waals surface area contributed by atoms with Crippen molar-refractivity contribution in [2.24, 2.45) is 0 Å². The van der Waals surface area contributed by atoms with Gasteiger partial charge in [0.2, 0.25) is 5.95 Å². The van der Waals surface area contributed by atoms with E-state index < -0.39 is 5.60 Å². The lowest BCUT2D eigenvalue weighted by atomic mass is 10.0. The minimum absolute atomic E-state index is 0.197. The molecule has 8 heteroatoms. The highest BCUT2D eigenvalue weighted by Gasteiger charge is 2.37. The second-order valence-electron chi connectivity index (χ2n) is 5.64. The van der Waals surface area contributed by atoms with Gasteiger partial charge in [-0.3, -0.25) is 0 Å². The van der Waals surface area contributed by atoms with Crippen LogP contribution in [0.3, 0.4) is 0 Å². The molecule has 1 atom stereocenters. The molecule has 1 fully saturated rings. The molecule has 0 bridgehead atoms. The molecule has 1 unspecified atom stereocenters. The summed E-state index contributed by atoms with van der Waals surface area (Å²) in [4.78, 5) is 19.5. The standard InChI is InChI=1S/C12H19N7O/c1-18(2)5-12(20)3-4-19(6-12)10-8-9(15-7-14-8)16-11(13)17-10/h7,20H,3-6H2,1-2H3,(H3,13,14,15,16,17). The summed E-state index contributed by atoms with van der Waals surface area (Å²) in [5, 5.41) is 10.6. The van der Waals surface area contributed by atoms with Gasteiger partial charge in [0.1, 0.15) is 5.52 Å². The van der Waals surface area contributed by atoms with Gasteiger partial charge in [-0.05, 0) is 20.5 Å². The number of fused-ring (bicyclic) bond motifs is 1. The number of nitrogens with zero attached hydrogens (tertiary/aromatic N) is 5. The number of nitrogens with one attached hydrogen (secondary N) is 1. The van der Waals surface area contributed by atoms with Crippen LogP contribution in [0, 0.1) is 0 Å². The zero-order valence-corrected chi connectivity index (χ0v) is 11.7. The Balaban J connectivity index is 1.91. The summed E-state index contributed by atoms with van der Waals surface area (Å²) >= 11 is 0. The van der Waals surface area contributed by atoms with Gasteiger partial charge in [0.25, 0.3) is 0 Å². The second kappa shape index (κ2) is 4.57. The number of nitrogens with two attached hydrogens (primary N) is 1. The monoisotopic (exact) mass is 277 g/mol. The van der Waals surface area contributed by atoms with Crippen LogP contribution in [-0.4, -0.2) is 69.3 Å². The van der Waals surface area contributed by atoms with Crippen LogP contribution in [0.2, 0.25) is 0 Å². The third kappa shape index (κ3) is 2.27. The number of β-amino-alcohol motifs (C(OH)–C–C–N with tert-alkyl or cyclic N) is 1. The summed E-state index contributed by atoms with van der Waals surface area (Å²) in [6.45, 7) is 1.88. The van der Waals surface area contributed by atoms with E-state index in [1.165, 1.54) is 0 Å². The molecule has 1 aliphatic heterocycles. The molecule has 4 N–H and O–H groups in total. The molecule has 0 aliphatic carbocycles. The molecule has 20 heavy (non-hydrogen) atoms. The van der Waals surface area contributed by atoms with E-state index in [-0.39, 0.29) is 5.95 Å². The second-order valence-corrected chi connectivity index (χ2v) is 5.64. The zero-order chi connectivity index (χ0) is 14.3. The van der Waals surface area contributed by atoms with Crippen molar-refractivity contribution in [3.63, 3.8) is 0 Å². The molecule has 108 valence electrons. The van der Waals surface area contributed by atoms with Crippen LogP contribution in [0.1, 0.15) is 6.42 Å². The predicted molar refractivity (Wildman–Crippen MR) is 76.4 cm³/mol. The van der Waals surface area contributed by atoms with Crippen molar-refractivity contribution < 1.29 is 5.11 Å². The van der Waals surface area contributed by atoms with Crippen molar-refractivity contribution in [3.05, 3.63) is 6.33 Å². The number of imidazole rings is 1. The molecular formula is C12H19N7O. The van der Waals surface area contributed by atoms with Crippen molar-refractivity contribution in [2.45, 2.75) is 12.0 Å². The minimum atomic E-state index is -0.727. The van der Waals surface area contributed by atoms with Crippen molar-refractivity contribution in [3.8, 4) is 0 Å². The Morgan fingerprint density at radius 3 is 3.05 bits per heavy atom.